The summed E-state index contributed by atoms with van der Waals surface area (Å²) in [6, 6.07) is 7.39. The van der Waals surface area contributed by atoms with Gasteiger partial charge < -0.3 is 5.32 Å². The minimum absolute atomic E-state index is 0.126. The summed E-state index contributed by atoms with van der Waals surface area (Å²) in [6.45, 7) is 2.77. The van der Waals surface area contributed by atoms with E-state index in [2.05, 4.69) is 12.2 Å². The number of sulfonamides is 1. The second kappa shape index (κ2) is 6.90. The number of nitrogens with zero attached hydrogens (tertiary/aromatic N) is 1. The molecule has 0 aliphatic heterocycles. The average Bonchev–Trinajstić information content (AvgIpc) is 2.47. The van der Waals surface area contributed by atoms with Crippen molar-refractivity contribution in [1.82, 2.24) is 9.62 Å². The highest BCUT2D eigenvalue weighted by molar-refractivity contribution is 7.89. The Morgan fingerprint density at radius 3 is 2.67 bits per heavy atom. The van der Waals surface area contributed by atoms with Crippen LogP contribution < -0.4 is 5.32 Å². The summed E-state index contributed by atoms with van der Waals surface area (Å²) >= 11 is 0. The van der Waals surface area contributed by atoms with Crippen molar-refractivity contribution < 1.29 is 8.42 Å². The van der Waals surface area contributed by atoms with E-state index in [4.69, 9.17) is 0 Å². The largest absolute Gasteiger partial charge is 0.316 e. The summed E-state index contributed by atoms with van der Waals surface area (Å²) in [5, 5.41) is 3.04. The standard InChI is InChI=1S/C16H26N2O2S/c1-13-7-6-9-15(11-13)18(3)21(19,20)16-10-5-4-8-14(16)12-17-2/h4-5,8,10,13,15,17H,6-7,9,11-12H2,1-3H3. The minimum atomic E-state index is -3.42. The molecule has 1 aliphatic rings. The summed E-state index contributed by atoms with van der Waals surface area (Å²) in [5.41, 5.74) is 0.829. The lowest BCUT2D eigenvalue weighted by Gasteiger charge is -2.33. The molecule has 1 aliphatic carbocycles. The summed E-state index contributed by atoms with van der Waals surface area (Å²) in [6.07, 6.45) is 4.25. The zero-order valence-electron chi connectivity index (χ0n) is 13.2. The van der Waals surface area contributed by atoms with Gasteiger partial charge in [-0.3, -0.25) is 0 Å². The Kier molecular flexibility index (Phi) is 5.41. The van der Waals surface area contributed by atoms with Crippen LogP contribution in [0, 0.1) is 5.92 Å². The Hall–Kier alpha value is -0.910. The molecular weight excluding hydrogens is 284 g/mol. The van der Waals surface area contributed by atoms with Crippen LogP contribution in [0.15, 0.2) is 29.2 Å². The van der Waals surface area contributed by atoms with Crippen molar-refractivity contribution in [1.29, 1.82) is 0 Å². The van der Waals surface area contributed by atoms with Crippen LogP contribution in [0.4, 0.5) is 0 Å². The normalized spacial score (nSPS) is 23.4. The van der Waals surface area contributed by atoms with Crippen LogP contribution in [-0.2, 0) is 16.6 Å². The van der Waals surface area contributed by atoms with E-state index in [1.54, 1.807) is 23.5 Å². The molecule has 0 amide bonds. The highest BCUT2D eigenvalue weighted by Gasteiger charge is 2.31. The molecule has 1 N–H and O–H groups in total. The molecule has 5 heteroatoms. The van der Waals surface area contributed by atoms with E-state index < -0.39 is 10.0 Å². The van der Waals surface area contributed by atoms with Gasteiger partial charge in [-0.1, -0.05) is 38.0 Å². The summed E-state index contributed by atoms with van der Waals surface area (Å²) in [7, 11) is 0.138. The van der Waals surface area contributed by atoms with Crippen LogP contribution in [0.3, 0.4) is 0 Å². The maximum absolute atomic E-state index is 12.9. The third-order valence-corrected chi connectivity index (χ3v) is 6.43. The molecule has 2 atom stereocenters. The Morgan fingerprint density at radius 1 is 1.29 bits per heavy atom. The lowest BCUT2D eigenvalue weighted by Crippen LogP contribution is -2.40. The Morgan fingerprint density at radius 2 is 2.00 bits per heavy atom. The Balaban J connectivity index is 2.28. The van der Waals surface area contributed by atoms with Gasteiger partial charge in [-0.15, -0.1) is 0 Å². The highest BCUT2D eigenvalue weighted by Crippen LogP contribution is 2.30. The van der Waals surface area contributed by atoms with Gasteiger partial charge in [-0.25, -0.2) is 8.42 Å². The molecule has 118 valence electrons. The van der Waals surface area contributed by atoms with Crippen molar-refractivity contribution in [2.24, 2.45) is 5.92 Å². The molecule has 0 saturated heterocycles. The average molecular weight is 310 g/mol. The molecule has 0 bridgehead atoms. The molecule has 1 aromatic rings. The van der Waals surface area contributed by atoms with E-state index in [-0.39, 0.29) is 6.04 Å². The molecule has 1 aromatic carbocycles. The first-order valence-corrected chi connectivity index (χ1v) is 9.11. The smallest absolute Gasteiger partial charge is 0.243 e. The number of hydrogen-bond acceptors (Lipinski definition) is 3. The third-order valence-electron chi connectivity index (χ3n) is 4.42. The topological polar surface area (TPSA) is 49.4 Å². The molecule has 2 unspecified atom stereocenters. The maximum Gasteiger partial charge on any atom is 0.243 e. The van der Waals surface area contributed by atoms with Crippen LogP contribution in [0.1, 0.15) is 38.2 Å². The first-order valence-electron chi connectivity index (χ1n) is 7.67. The van der Waals surface area contributed by atoms with Gasteiger partial charge in [0.1, 0.15) is 0 Å². The van der Waals surface area contributed by atoms with Gasteiger partial charge in [-0.05, 0) is 37.4 Å². The van der Waals surface area contributed by atoms with Gasteiger partial charge in [0.2, 0.25) is 10.0 Å². The second-order valence-electron chi connectivity index (χ2n) is 6.08. The Bertz CT molecular complexity index is 571. The van der Waals surface area contributed by atoms with E-state index >= 15 is 0 Å². The van der Waals surface area contributed by atoms with Crippen molar-refractivity contribution in [2.45, 2.75) is 50.1 Å². The van der Waals surface area contributed by atoms with Gasteiger partial charge >= 0.3 is 0 Å². The molecule has 1 saturated carbocycles. The monoisotopic (exact) mass is 310 g/mol. The maximum atomic E-state index is 12.9. The second-order valence-corrected chi connectivity index (χ2v) is 8.05. The van der Waals surface area contributed by atoms with Gasteiger partial charge in [0, 0.05) is 19.6 Å². The van der Waals surface area contributed by atoms with E-state index in [0.717, 1.165) is 24.8 Å². The van der Waals surface area contributed by atoms with Crippen LogP contribution in [0.5, 0.6) is 0 Å². The van der Waals surface area contributed by atoms with Crippen LogP contribution in [0.25, 0.3) is 0 Å². The summed E-state index contributed by atoms with van der Waals surface area (Å²) in [4.78, 5) is 0.431. The van der Waals surface area contributed by atoms with Gasteiger partial charge in [-0.2, -0.15) is 4.31 Å². The predicted octanol–water partition coefficient (Wildman–Crippen LogP) is 2.61. The van der Waals surface area contributed by atoms with Crippen LogP contribution in [-0.4, -0.2) is 32.9 Å². The van der Waals surface area contributed by atoms with Crippen molar-refractivity contribution >= 4 is 10.0 Å². The molecule has 1 fully saturated rings. The molecule has 0 radical (unpaired) electrons. The van der Waals surface area contributed by atoms with Crippen molar-refractivity contribution in [3.05, 3.63) is 29.8 Å². The molecule has 0 spiro atoms. The first-order chi connectivity index (χ1) is 9.96. The molecule has 0 aromatic heterocycles. The molecule has 21 heavy (non-hydrogen) atoms. The van der Waals surface area contributed by atoms with Gasteiger partial charge in [0.05, 0.1) is 4.90 Å². The van der Waals surface area contributed by atoms with Crippen LogP contribution in [0.2, 0.25) is 0 Å². The highest BCUT2D eigenvalue weighted by atomic mass is 32.2. The first kappa shape index (κ1) is 16.5. The van der Waals surface area contributed by atoms with E-state index in [1.807, 2.05) is 19.2 Å². The van der Waals surface area contributed by atoms with E-state index in [9.17, 15) is 8.42 Å². The third kappa shape index (κ3) is 3.65. The zero-order chi connectivity index (χ0) is 15.5. The van der Waals surface area contributed by atoms with Gasteiger partial charge in [0.25, 0.3) is 0 Å². The SMILES string of the molecule is CNCc1ccccc1S(=O)(=O)N(C)C1CCCC(C)C1. The summed E-state index contributed by atoms with van der Waals surface area (Å²) < 4.78 is 27.5. The van der Waals surface area contributed by atoms with E-state index in [1.165, 1.54) is 6.42 Å². The molecule has 4 nitrogen and oxygen atoms in total. The Labute approximate surface area is 128 Å². The lowest BCUT2D eigenvalue weighted by molar-refractivity contribution is 0.239. The molecular formula is C16H26N2O2S. The van der Waals surface area contributed by atoms with Crippen molar-refractivity contribution in [3.8, 4) is 0 Å². The van der Waals surface area contributed by atoms with E-state index in [0.29, 0.717) is 17.4 Å². The fourth-order valence-corrected chi connectivity index (χ4v) is 4.79. The number of nitrogens with one attached hydrogen (secondary N) is 1. The fraction of sp³-hybridized carbons (Fsp3) is 0.625. The number of hydrogen-bond donors (Lipinski definition) is 1. The lowest BCUT2D eigenvalue weighted by atomic mass is 9.87. The van der Waals surface area contributed by atoms with Crippen molar-refractivity contribution in [2.75, 3.05) is 14.1 Å². The van der Waals surface area contributed by atoms with Crippen molar-refractivity contribution in [3.63, 3.8) is 0 Å². The fourth-order valence-electron chi connectivity index (χ4n) is 3.18. The zero-order valence-corrected chi connectivity index (χ0v) is 14.0. The van der Waals surface area contributed by atoms with Crippen LogP contribution >= 0.6 is 0 Å². The molecule has 2 rings (SSSR count). The van der Waals surface area contributed by atoms with Gasteiger partial charge in [0.15, 0.2) is 0 Å². The number of benzene rings is 1. The number of rotatable bonds is 5. The predicted molar refractivity (Wildman–Crippen MR) is 85.6 cm³/mol. The minimum Gasteiger partial charge on any atom is -0.316 e. The summed E-state index contributed by atoms with van der Waals surface area (Å²) in [5.74, 6) is 0.606. The molecule has 0 heterocycles. The quantitative estimate of drug-likeness (QED) is 0.909.